The highest BCUT2D eigenvalue weighted by molar-refractivity contribution is 7.09. The van der Waals surface area contributed by atoms with E-state index in [2.05, 4.69) is 22.2 Å². The van der Waals surface area contributed by atoms with Crippen LogP contribution < -0.4 is 5.32 Å². The maximum absolute atomic E-state index is 11.6. The van der Waals surface area contributed by atoms with Crippen LogP contribution in [0.1, 0.15) is 28.2 Å². The van der Waals surface area contributed by atoms with E-state index >= 15 is 0 Å². The fourth-order valence-electron chi connectivity index (χ4n) is 1.64. The van der Waals surface area contributed by atoms with Gasteiger partial charge in [0.15, 0.2) is 0 Å². The van der Waals surface area contributed by atoms with Crippen molar-refractivity contribution >= 4 is 23.1 Å². The van der Waals surface area contributed by atoms with Crippen molar-refractivity contribution in [1.29, 1.82) is 0 Å². The molecule has 0 aromatic carbocycles. The molecule has 2 heterocycles. The van der Waals surface area contributed by atoms with Gasteiger partial charge in [-0.1, -0.05) is 6.92 Å². The Labute approximate surface area is 115 Å². The molecule has 1 N–H and O–H groups in total. The van der Waals surface area contributed by atoms with Gasteiger partial charge in [0.1, 0.15) is 11.4 Å². The summed E-state index contributed by atoms with van der Waals surface area (Å²) in [6.07, 6.45) is 3.43. The lowest BCUT2D eigenvalue weighted by molar-refractivity contribution is 0.0601. The highest BCUT2D eigenvalue weighted by Gasteiger charge is 2.14. The number of carbonyl (C=O) groups is 1. The average molecular weight is 277 g/mol. The van der Waals surface area contributed by atoms with E-state index in [1.54, 1.807) is 35.9 Å². The zero-order chi connectivity index (χ0) is 13.7. The minimum atomic E-state index is -0.391. The predicted octanol–water partition coefficient (Wildman–Crippen LogP) is 2.54. The van der Waals surface area contributed by atoms with Crippen molar-refractivity contribution < 1.29 is 9.53 Å². The van der Waals surface area contributed by atoms with Crippen molar-refractivity contribution in [2.45, 2.75) is 12.8 Å². The predicted molar refractivity (Wildman–Crippen MR) is 74.6 cm³/mol. The normalized spacial score (nSPS) is 11.9. The Morgan fingerprint density at radius 1 is 1.47 bits per heavy atom. The van der Waals surface area contributed by atoms with Crippen molar-refractivity contribution in [2.24, 2.45) is 0 Å². The van der Waals surface area contributed by atoms with Crippen LogP contribution in [0.5, 0.6) is 0 Å². The first kappa shape index (κ1) is 13.5. The largest absolute Gasteiger partial charge is 0.465 e. The number of methoxy groups -OCH3 is 1. The molecule has 0 saturated carbocycles. The number of esters is 1. The number of rotatable bonds is 5. The third-order valence-corrected chi connectivity index (χ3v) is 3.67. The number of nitrogens with zero attached hydrogens (tertiary/aromatic N) is 2. The Morgan fingerprint density at radius 3 is 3.00 bits per heavy atom. The molecule has 2 rings (SSSR count). The standard InChI is InChI=1S/C13H15N3O2S/c1-9(12-15-6-7-19-12)8-16-11-10(13(17)18-2)4-3-5-14-11/h3-7,9H,8H2,1-2H3,(H,14,16). The van der Waals surface area contributed by atoms with Gasteiger partial charge in [-0.3, -0.25) is 0 Å². The van der Waals surface area contributed by atoms with Crippen LogP contribution in [-0.2, 0) is 4.74 Å². The molecule has 0 bridgehead atoms. The fraction of sp³-hybridized carbons (Fsp3) is 0.308. The van der Waals surface area contributed by atoms with Crippen LogP contribution in [-0.4, -0.2) is 29.6 Å². The van der Waals surface area contributed by atoms with Gasteiger partial charge in [0.2, 0.25) is 0 Å². The van der Waals surface area contributed by atoms with E-state index in [4.69, 9.17) is 4.74 Å². The maximum atomic E-state index is 11.6. The Hall–Kier alpha value is -1.95. The highest BCUT2D eigenvalue weighted by atomic mass is 32.1. The molecule has 2 aromatic heterocycles. The third kappa shape index (κ3) is 3.29. The molecular weight excluding hydrogens is 262 g/mol. The quantitative estimate of drug-likeness (QED) is 0.851. The van der Waals surface area contributed by atoms with Crippen molar-refractivity contribution in [1.82, 2.24) is 9.97 Å². The molecule has 1 atom stereocenters. The Morgan fingerprint density at radius 2 is 2.32 bits per heavy atom. The van der Waals surface area contributed by atoms with E-state index in [1.165, 1.54) is 7.11 Å². The molecule has 0 aliphatic carbocycles. The molecule has 6 heteroatoms. The SMILES string of the molecule is COC(=O)c1cccnc1NCC(C)c1nccs1. The molecular formula is C13H15N3O2S. The fourth-order valence-corrected chi connectivity index (χ4v) is 2.33. The van der Waals surface area contributed by atoms with Crippen LogP contribution in [0.4, 0.5) is 5.82 Å². The van der Waals surface area contributed by atoms with Gasteiger partial charge in [0, 0.05) is 30.2 Å². The summed E-state index contributed by atoms with van der Waals surface area (Å²) in [5, 5.41) is 6.18. The molecule has 0 radical (unpaired) electrons. The molecule has 19 heavy (non-hydrogen) atoms. The number of carbonyl (C=O) groups excluding carboxylic acids is 1. The summed E-state index contributed by atoms with van der Waals surface area (Å²) in [7, 11) is 1.36. The van der Waals surface area contributed by atoms with Crippen LogP contribution in [0.25, 0.3) is 0 Å². The van der Waals surface area contributed by atoms with Crippen LogP contribution >= 0.6 is 11.3 Å². The van der Waals surface area contributed by atoms with E-state index in [0.717, 1.165) is 5.01 Å². The second-order valence-electron chi connectivity index (χ2n) is 4.04. The molecule has 0 aliphatic heterocycles. The monoisotopic (exact) mass is 277 g/mol. The molecule has 2 aromatic rings. The summed E-state index contributed by atoms with van der Waals surface area (Å²) in [5.41, 5.74) is 0.441. The van der Waals surface area contributed by atoms with E-state index in [1.807, 2.05) is 5.38 Å². The average Bonchev–Trinajstić information content (AvgIpc) is 2.98. The number of aromatic nitrogens is 2. The lowest BCUT2D eigenvalue weighted by Crippen LogP contribution is -2.14. The number of thiazole rings is 1. The van der Waals surface area contributed by atoms with E-state index in [9.17, 15) is 4.79 Å². The van der Waals surface area contributed by atoms with Gasteiger partial charge in [-0.2, -0.15) is 0 Å². The van der Waals surface area contributed by atoms with Crippen molar-refractivity contribution in [3.05, 3.63) is 40.5 Å². The molecule has 0 spiro atoms. The first-order chi connectivity index (χ1) is 9.22. The molecule has 100 valence electrons. The van der Waals surface area contributed by atoms with Crippen molar-refractivity contribution in [2.75, 3.05) is 19.0 Å². The second kappa shape index (κ2) is 6.29. The summed E-state index contributed by atoms with van der Waals surface area (Å²) in [5.74, 6) is 0.405. The minimum Gasteiger partial charge on any atom is -0.465 e. The molecule has 0 aliphatic rings. The second-order valence-corrected chi connectivity index (χ2v) is 4.97. The van der Waals surface area contributed by atoms with E-state index in [0.29, 0.717) is 17.9 Å². The summed E-state index contributed by atoms with van der Waals surface area (Å²) >= 11 is 1.62. The third-order valence-electron chi connectivity index (χ3n) is 2.66. The lowest BCUT2D eigenvalue weighted by Gasteiger charge is -2.12. The zero-order valence-corrected chi connectivity index (χ0v) is 11.6. The number of pyridine rings is 1. The number of hydrogen-bond donors (Lipinski definition) is 1. The molecule has 0 fully saturated rings. The summed E-state index contributed by atoms with van der Waals surface area (Å²) in [6.45, 7) is 2.74. The van der Waals surface area contributed by atoms with Gasteiger partial charge < -0.3 is 10.1 Å². The van der Waals surface area contributed by atoms with Crippen molar-refractivity contribution in [3.8, 4) is 0 Å². The Kier molecular flexibility index (Phi) is 4.46. The van der Waals surface area contributed by atoms with Gasteiger partial charge in [0.05, 0.1) is 12.1 Å². The van der Waals surface area contributed by atoms with Crippen LogP contribution in [0.2, 0.25) is 0 Å². The maximum Gasteiger partial charge on any atom is 0.341 e. The first-order valence-corrected chi connectivity index (χ1v) is 6.77. The summed E-state index contributed by atoms with van der Waals surface area (Å²) < 4.78 is 4.73. The zero-order valence-electron chi connectivity index (χ0n) is 10.8. The number of anilines is 1. The number of hydrogen-bond acceptors (Lipinski definition) is 6. The number of nitrogens with one attached hydrogen (secondary N) is 1. The smallest absolute Gasteiger partial charge is 0.341 e. The lowest BCUT2D eigenvalue weighted by atomic mass is 10.2. The topological polar surface area (TPSA) is 64.1 Å². The van der Waals surface area contributed by atoms with Crippen LogP contribution in [0.3, 0.4) is 0 Å². The van der Waals surface area contributed by atoms with Crippen molar-refractivity contribution in [3.63, 3.8) is 0 Å². The van der Waals surface area contributed by atoms with Crippen LogP contribution in [0, 0.1) is 0 Å². The Bertz CT molecular complexity index is 543. The Balaban J connectivity index is 2.05. The van der Waals surface area contributed by atoms with E-state index < -0.39 is 5.97 Å². The first-order valence-electron chi connectivity index (χ1n) is 5.89. The molecule has 0 amide bonds. The van der Waals surface area contributed by atoms with Gasteiger partial charge in [0.25, 0.3) is 0 Å². The summed E-state index contributed by atoms with van der Waals surface area (Å²) in [4.78, 5) is 20.0. The van der Waals surface area contributed by atoms with Gasteiger partial charge >= 0.3 is 5.97 Å². The van der Waals surface area contributed by atoms with Gasteiger partial charge in [-0.25, -0.2) is 14.8 Å². The van der Waals surface area contributed by atoms with Crippen LogP contribution in [0.15, 0.2) is 29.9 Å². The molecule has 1 unspecified atom stereocenters. The minimum absolute atomic E-state index is 0.257. The summed E-state index contributed by atoms with van der Waals surface area (Å²) in [6, 6.07) is 3.40. The number of ether oxygens (including phenoxy) is 1. The van der Waals surface area contributed by atoms with E-state index in [-0.39, 0.29) is 5.92 Å². The van der Waals surface area contributed by atoms with Gasteiger partial charge in [-0.15, -0.1) is 11.3 Å². The molecule has 0 saturated heterocycles. The highest BCUT2D eigenvalue weighted by Crippen LogP contribution is 2.19. The van der Waals surface area contributed by atoms with Gasteiger partial charge in [-0.05, 0) is 12.1 Å². The molecule has 5 nitrogen and oxygen atoms in total.